The number of rotatable bonds is 5. The predicted octanol–water partition coefficient (Wildman–Crippen LogP) is 2.44. The van der Waals surface area contributed by atoms with Crippen molar-refractivity contribution in [2.45, 2.75) is 18.1 Å². The van der Waals surface area contributed by atoms with E-state index < -0.39 is 6.09 Å². The maximum atomic E-state index is 12.2. The van der Waals surface area contributed by atoms with Crippen LogP contribution in [-0.2, 0) is 17.8 Å². The van der Waals surface area contributed by atoms with Crippen molar-refractivity contribution in [2.24, 2.45) is 0 Å². The Balaban J connectivity index is 1.58. The summed E-state index contributed by atoms with van der Waals surface area (Å²) in [5.41, 5.74) is 5.60. The topological polar surface area (TPSA) is 79.4 Å². The number of nitrogens with zero attached hydrogens (tertiary/aromatic N) is 3. The van der Waals surface area contributed by atoms with Crippen molar-refractivity contribution in [1.29, 1.82) is 0 Å². The molecule has 1 aliphatic heterocycles. The van der Waals surface area contributed by atoms with Crippen LogP contribution in [0, 0.1) is 0 Å². The van der Waals surface area contributed by atoms with Gasteiger partial charge in [0.25, 0.3) is 0 Å². The summed E-state index contributed by atoms with van der Waals surface area (Å²) >= 11 is 1.47. The highest BCUT2D eigenvalue weighted by Crippen LogP contribution is 2.27. The van der Waals surface area contributed by atoms with Crippen LogP contribution >= 0.6 is 11.8 Å². The summed E-state index contributed by atoms with van der Waals surface area (Å²) < 4.78 is 0. The molecule has 24 heavy (non-hydrogen) atoms. The van der Waals surface area contributed by atoms with Crippen molar-refractivity contribution in [3.8, 4) is 0 Å². The van der Waals surface area contributed by atoms with E-state index in [1.165, 1.54) is 11.8 Å². The van der Waals surface area contributed by atoms with Gasteiger partial charge in [0.2, 0.25) is 0 Å². The maximum absolute atomic E-state index is 12.2. The number of fused-ring (bicyclic) bond motifs is 1. The molecule has 0 atom stereocenters. The molecule has 1 aliphatic rings. The van der Waals surface area contributed by atoms with Crippen LogP contribution in [0.4, 0.5) is 16.3 Å². The van der Waals surface area contributed by atoms with Crippen molar-refractivity contribution in [1.82, 2.24) is 15.4 Å². The SMILES string of the molecule is CNc1nc(SC)ncc1CNOC(=O)N1CCc2ccccc21. The lowest BCUT2D eigenvalue weighted by Crippen LogP contribution is -2.34. The van der Waals surface area contributed by atoms with Gasteiger partial charge in [0.1, 0.15) is 5.82 Å². The van der Waals surface area contributed by atoms with Crippen molar-refractivity contribution in [3.05, 3.63) is 41.6 Å². The number of aromatic nitrogens is 2. The molecule has 0 spiro atoms. The zero-order chi connectivity index (χ0) is 16.9. The van der Waals surface area contributed by atoms with Gasteiger partial charge in [-0.2, -0.15) is 0 Å². The van der Waals surface area contributed by atoms with E-state index in [0.717, 1.165) is 23.2 Å². The second-order valence-electron chi connectivity index (χ2n) is 5.20. The predicted molar refractivity (Wildman–Crippen MR) is 94.2 cm³/mol. The van der Waals surface area contributed by atoms with Gasteiger partial charge in [-0.15, -0.1) is 5.48 Å². The second kappa shape index (κ2) is 7.50. The fourth-order valence-electron chi connectivity index (χ4n) is 2.59. The number of hydrogen-bond acceptors (Lipinski definition) is 7. The van der Waals surface area contributed by atoms with E-state index in [1.54, 1.807) is 18.1 Å². The van der Waals surface area contributed by atoms with Crippen molar-refractivity contribution >= 4 is 29.4 Å². The highest BCUT2D eigenvalue weighted by Gasteiger charge is 2.25. The van der Waals surface area contributed by atoms with E-state index in [1.807, 2.05) is 30.5 Å². The zero-order valence-corrected chi connectivity index (χ0v) is 14.4. The molecule has 2 heterocycles. The standard InChI is InChI=1S/C16H19N5O2S/c1-17-14-12(9-18-15(20-14)24-2)10-19-23-16(22)21-8-7-11-5-3-4-6-13(11)21/h3-6,9,19H,7-8,10H2,1-2H3,(H,17,18,20). The van der Waals surface area contributed by atoms with Gasteiger partial charge in [0.05, 0.1) is 12.2 Å². The first-order valence-corrected chi connectivity index (χ1v) is 8.82. The molecule has 126 valence electrons. The Labute approximate surface area is 144 Å². The molecule has 1 aromatic carbocycles. The normalized spacial score (nSPS) is 12.8. The molecule has 7 nitrogen and oxygen atoms in total. The fourth-order valence-corrected chi connectivity index (χ4v) is 2.93. The van der Waals surface area contributed by atoms with E-state index in [9.17, 15) is 4.79 Å². The Hall–Kier alpha value is -2.32. The van der Waals surface area contributed by atoms with Crippen LogP contribution in [0.5, 0.6) is 0 Å². The van der Waals surface area contributed by atoms with Gasteiger partial charge in [0, 0.05) is 25.4 Å². The molecular formula is C16H19N5O2S. The molecule has 2 aromatic rings. The van der Waals surface area contributed by atoms with Gasteiger partial charge in [-0.25, -0.2) is 14.8 Å². The Kier molecular flexibility index (Phi) is 5.17. The molecule has 0 bridgehead atoms. The summed E-state index contributed by atoms with van der Waals surface area (Å²) in [6, 6.07) is 7.85. The van der Waals surface area contributed by atoms with Crippen LogP contribution in [0.15, 0.2) is 35.6 Å². The molecule has 0 radical (unpaired) electrons. The molecule has 8 heteroatoms. The number of benzene rings is 1. The van der Waals surface area contributed by atoms with Crippen LogP contribution in [0.2, 0.25) is 0 Å². The summed E-state index contributed by atoms with van der Waals surface area (Å²) in [4.78, 5) is 27.7. The summed E-state index contributed by atoms with van der Waals surface area (Å²) in [5, 5.41) is 3.71. The van der Waals surface area contributed by atoms with E-state index in [2.05, 4.69) is 20.8 Å². The average molecular weight is 345 g/mol. The molecule has 0 saturated heterocycles. The third-order valence-electron chi connectivity index (χ3n) is 3.79. The minimum atomic E-state index is -0.410. The molecule has 3 rings (SSSR count). The monoisotopic (exact) mass is 345 g/mol. The third-order valence-corrected chi connectivity index (χ3v) is 4.35. The minimum absolute atomic E-state index is 0.325. The molecule has 1 amide bonds. The van der Waals surface area contributed by atoms with Crippen LogP contribution < -0.4 is 15.7 Å². The van der Waals surface area contributed by atoms with E-state index in [4.69, 9.17) is 4.84 Å². The Morgan fingerprint density at radius 1 is 1.42 bits per heavy atom. The molecular weight excluding hydrogens is 326 g/mol. The van der Waals surface area contributed by atoms with Crippen molar-refractivity contribution in [3.63, 3.8) is 0 Å². The van der Waals surface area contributed by atoms with E-state index in [0.29, 0.717) is 24.1 Å². The number of hydrogen-bond donors (Lipinski definition) is 2. The molecule has 1 aromatic heterocycles. The zero-order valence-electron chi connectivity index (χ0n) is 13.6. The lowest BCUT2D eigenvalue weighted by molar-refractivity contribution is 0.0932. The number of anilines is 2. The number of thioether (sulfide) groups is 1. The molecule has 0 fully saturated rings. The molecule has 0 aliphatic carbocycles. The Morgan fingerprint density at radius 3 is 3.04 bits per heavy atom. The van der Waals surface area contributed by atoms with Crippen molar-refractivity contribution in [2.75, 3.05) is 30.1 Å². The number of hydroxylamine groups is 1. The number of carbonyl (C=O) groups is 1. The largest absolute Gasteiger partial charge is 0.433 e. The quantitative estimate of drug-likeness (QED) is 0.489. The van der Waals surface area contributed by atoms with Gasteiger partial charge in [-0.05, 0) is 24.3 Å². The minimum Gasteiger partial charge on any atom is -0.373 e. The summed E-state index contributed by atoms with van der Waals surface area (Å²) in [5.74, 6) is 0.712. The van der Waals surface area contributed by atoms with Crippen LogP contribution in [-0.4, -0.2) is 35.9 Å². The maximum Gasteiger partial charge on any atom is 0.433 e. The number of carbonyl (C=O) groups excluding carboxylic acids is 1. The first-order chi connectivity index (χ1) is 11.7. The molecule has 0 saturated carbocycles. The van der Waals surface area contributed by atoms with Gasteiger partial charge in [-0.3, -0.25) is 4.90 Å². The Bertz CT molecular complexity index is 740. The lowest BCUT2D eigenvalue weighted by atomic mass is 10.2. The summed E-state index contributed by atoms with van der Waals surface area (Å²) in [6.45, 7) is 0.958. The highest BCUT2D eigenvalue weighted by molar-refractivity contribution is 7.98. The van der Waals surface area contributed by atoms with Gasteiger partial charge < -0.3 is 10.2 Å². The second-order valence-corrected chi connectivity index (χ2v) is 5.97. The third kappa shape index (κ3) is 3.44. The van der Waals surface area contributed by atoms with E-state index in [-0.39, 0.29) is 0 Å². The summed E-state index contributed by atoms with van der Waals surface area (Å²) in [6.07, 6.45) is 4.07. The van der Waals surface area contributed by atoms with Gasteiger partial charge in [-0.1, -0.05) is 30.0 Å². The first-order valence-electron chi connectivity index (χ1n) is 7.59. The smallest absolute Gasteiger partial charge is 0.373 e. The molecule has 2 N–H and O–H groups in total. The lowest BCUT2D eigenvalue weighted by Gasteiger charge is -2.17. The highest BCUT2D eigenvalue weighted by atomic mass is 32.2. The number of para-hydroxylation sites is 1. The van der Waals surface area contributed by atoms with Gasteiger partial charge in [0.15, 0.2) is 5.16 Å². The number of amides is 1. The number of nitrogens with one attached hydrogen (secondary N) is 2. The molecule has 0 unspecified atom stereocenters. The first kappa shape index (κ1) is 16.5. The van der Waals surface area contributed by atoms with Crippen molar-refractivity contribution < 1.29 is 9.63 Å². The van der Waals surface area contributed by atoms with E-state index >= 15 is 0 Å². The summed E-state index contributed by atoms with van der Waals surface area (Å²) in [7, 11) is 1.79. The van der Waals surface area contributed by atoms with Crippen LogP contribution in [0.3, 0.4) is 0 Å². The fraction of sp³-hybridized carbons (Fsp3) is 0.312. The van der Waals surface area contributed by atoms with Gasteiger partial charge >= 0.3 is 6.09 Å². The van der Waals surface area contributed by atoms with Crippen LogP contribution in [0.25, 0.3) is 0 Å². The average Bonchev–Trinajstić information content (AvgIpc) is 3.06. The Morgan fingerprint density at radius 2 is 2.25 bits per heavy atom. The van der Waals surface area contributed by atoms with Crippen LogP contribution in [0.1, 0.15) is 11.1 Å².